The molecule has 2 aromatic heterocycles. The molecule has 0 fully saturated rings. The number of hydrogen-bond acceptors (Lipinski definition) is 3. The van der Waals surface area contributed by atoms with Crippen LogP contribution in [0.15, 0.2) is 11.7 Å². The van der Waals surface area contributed by atoms with Crippen molar-refractivity contribution in [3.8, 4) is 0 Å². The second-order valence-electron chi connectivity index (χ2n) is 7.01. The SMILES string of the molecule is CCC[CH2][Sn]([CH2]CCC)([CH2]CCC)[c]1csc2c(COC)ncn12. The maximum absolute atomic E-state index is 5.33. The number of methoxy groups -OCH3 is 1. The third-order valence-corrected chi connectivity index (χ3v) is 22.2. The van der Waals surface area contributed by atoms with Crippen LogP contribution in [-0.2, 0) is 11.3 Å². The molecule has 5 heteroatoms. The van der Waals surface area contributed by atoms with Gasteiger partial charge < -0.3 is 0 Å². The van der Waals surface area contributed by atoms with Gasteiger partial charge in [-0.2, -0.15) is 0 Å². The van der Waals surface area contributed by atoms with Gasteiger partial charge >= 0.3 is 156 Å². The van der Waals surface area contributed by atoms with Crippen molar-refractivity contribution in [1.82, 2.24) is 9.38 Å². The van der Waals surface area contributed by atoms with E-state index in [1.54, 1.807) is 10.8 Å². The van der Waals surface area contributed by atoms with Gasteiger partial charge in [0.15, 0.2) is 0 Å². The number of imidazole rings is 1. The van der Waals surface area contributed by atoms with Gasteiger partial charge in [0.2, 0.25) is 0 Å². The zero-order valence-corrected chi connectivity index (χ0v) is 19.6. The molecule has 24 heavy (non-hydrogen) atoms. The number of unbranched alkanes of at least 4 members (excludes halogenated alkanes) is 3. The van der Waals surface area contributed by atoms with Crippen LogP contribution >= 0.6 is 11.3 Å². The molecular formula is C19H34N2OSSn. The zero-order chi connectivity index (χ0) is 17.4. The molecule has 0 saturated carbocycles. The molecule has 0 aliphatic rings. The summed E-state index contributed by atoms with van der Waals surface area (Å²) in [6, 6.07) is 0. The van der Waals surface area contributed by atoms with E-state index in [0.29, 0.717) is 6.61 Å². The fraction of sp³-hybridized carbons (Fsp3) is 0.737. The molecule has 0 aromatic carbocycles. The van der Waals surface area contributed by atoms with E-state index < -0.39 is 18.4 Å². The molecule has 0 spiro atoms. The molecular weight excluding hydrogens is 423 g/mol. The van der Waals surface area contributed by atoms with Crippen LogP contribution < -0.4 is 3.71 Å². The van der Waals surface area contributed by atoms with E-state index >= 15 is 0 Å². The van der Waals surface area contributed by atoms with Gasteiger partial charge in [0.05, 0.1) is 0 Å². The number of hydrogen-bond donors (Lipinski definition) is 0. The normalized spacial score (nSPS) is 12.3. The first kappa shape index (κ1) is 20.2. The van der Waals surface area contributed by atoms with Crippen molar-refractivity contribution in [2.75, 3.05) is 7.11 Å². The molecule has 2 heterocycles. The Morgan fingerprint density at radius 1 is 1.04 bits per heavy atom. The van der Waals surface area contributed by atoms with Crippen molar-refractivity contribution in [3.05, 3.63) is 17.4 Å². The fourth-order valence-electron chi connectivity index (χ4n) is 3.76. The summed E-state index contributed by atoms with van der Waals surface area (Å²) in [5.74, 6) is 0. The minimum atomic E-state index is -2.37. The minimum absolute atomic E-state index is 0.623. The molecule has 2 rings (SSSR count). The molecule has 0 amide bonds. The molecule has 0 unspecified atom stereocenters. The van der Waals surface area contributed by atoms with Gasteiger partial charge in [0.1, 0.15) is 0 Å². The van der Waals surface area contributed by atoms with Crippen LogP contribution in [0.4, 0.5) is 0 Å². The van der Waals surface area contributed by atoms with E-state index in [-0.39, 0.29) is 0 Å². The first-order valence-electron chi connectivity index (χ1n) is 9.65. The number of thiazole rings is 1. The Morgan fingerprint density at radius 2 is 1.62 bits per heavy atom. The molecule has 3 nitrogen and oxygen atoms in total. The van der Waals surface area contributed by atoms with Gasteiger partial charge in [-0.1, -0.05) is 0 Å². The standard InChI is InChI=1S/C7H7N2OS.3C4H9.Sn/c1-10-4-6-7-9(5-8-6)2-3-11-7;3*1-3-4-2;/h3,5H,4H2,1H3;3*1,3-4H2,2H3;. The van der Waals surface area contributed by atoms with Crippen LogP contribution in [-0.4, -0.2) is 34.9 Å². The number of rotatable bonds is 12. The third-order valence-electron chi connectivity index (χ3n) is 5.19. The molecule has 0 saturated heterocycles. The average Bonchev–Trinajstić information content (AvgIpc) is 3.18. The zero-order valence-electron chi connectivity index (χ0n) is 15.9. The summed E-state index contributed by atoms with van der Waals surface area (Å²) in [6.07, 6.45) is 10.3. The van der Waals surface area contributed by atoms with Crippen LogP contribution in [0.1, 0.15) is 65.0 Å². The van der Waals surface area contributed by atoms with Crippen LogP contribution in [0.3, 0.4) is 0 Å². The van der Waals surface area contributed by atoms with Crippen molar-refractivity contribution in [1.29, 1.82) is 0 Å². The summed E-state index contributed by atoms with van der Waals surface area (Å²) >= 11 is -0.485. The van der Waals surface area contributed by atoms with Crippen molar-refractivity contribution in [2.45, 2.75) is 79.2 Å². The number of nitrogens with zero attached hydrogens (tertiary/aromatic N) is 2. The van der Waals surface area contributed by atoms with Crippen molar-refractivity contribution >= 4 is 38.3 Å². The van der Waals surface area contributed by atoms with Crippen LogP contribution in [0.25, 0.3) is 4.83 Å². The Kier molecular flexibility index (Phi) is 8.58. The van der Waals surface area contributed by atoms with E-state index in [0.717, 1.165) is 5.69 Å². The van der Waals surface area contributed by atoms with Crippen molar-refractivity contribution < 1.29 is 4.74 Å². The molecule has 0 aliphatic carbocycles. The molecule has 136 valence electrons. The van der Waals surface area contributed by atoms with Crippen LogP contribution in [0, 0.1) is 0 Å². The summed E-state index contributed by atoms with van der Waals surface area (Å²) in [6.45, 7) is 7.64. The topological polar surface area (TPSA) is 26.5 Å². The maximum atomic E-state index is 5.33. The predicted molar refractivity (Wildman–Crippen MR) is 108 cm³/mol. The fourth-order valence-corrected chi connectivity index (χ4v) is 22.8. The van der Waals surface area contributed by atoms with Gasteiger partial charge in [-0.25, -0.2) is 0 Å². The number of fused-ring (bicyclic) bond motifs is 1. The quantitative estimate of drug-likeness (QED) is 0.388. The van der Waals surface area contributed by atoms with E-state index in [4.69, 9.17) is 4.74 Å². The van der Waals surface area contributed by atoms with Crippen LogP contribution in [0.5, 0.6) is 0 Å². The Bertz CT molecular complexity index is 586. The van der Waals surface area contributed by atoms with Crippen molar-refractivity contribution in [3.63, 3.8) is 0 Å². The molecule has 0 radical (unpaired) electrons. The first-order chi connectivity index (χ1) is 11.7. The van der Waals surface area contributed by atoms with Gasteiger partial charge in [0.25, 0.3) is 0 Å². The molecule has 0 aliphatic heterocycles. The molecule has 0 bridgehead atoms. The van der Waals surface area contributed by atoms with E-state index in [1.165, 1.54) is 56.7 Å². The summed E-state index contributed by atoms with van der Waals surface area (Å²) in [5, 5.41) is 2.49. The first-order valence-corrected chi connectivity index (χ1v) is 18.0. The number of ether oxygens (including phenoxy) is 1. The monoisotopic (exact) mass is 458 g/mol. The molecule has 0 N–H and O–H groups in total. The second kappa shape index (κ2) is 10.2. The second-order valence-corrected chi connectivity index (χ2v) is 20.9. The average molecular weight is 457 g/mol. The predicted octanol–water partition coefficient (Wildman–Crippen LogP) is 5.60. The Hall–Kier alpha value is -0.0713. The van der Waals surface area contributed by atoms with E-state index in [9.17, 15) is 0 Å². The summed E-state index contributed by atoms with van der Waals surface area (Å²) in [5.41, 5.74) is 1.11. The van der Waals surface area contributed by atoms with E-state index in [1.807, 2.05) is 11.3 Å². The third kappa shape index (κ3) is 4.55. The van der Waals surface area contributed by atoms with Gasteiger partial charge in [-0.3, -0.25) is 0 Å². The summed E-state index contributed by atoms with van der Waals surface area (Å²) in [4.78, 5) is 5.96. The number of aromatic nitrogens is 2. The Labute approximate surface area is 155 Å². The van der Waals surface area contributed by atoms with Crippen molar-refractivity contribution in [2.24, 2.45) is 0 Å². The molecule has 2 aromatic rings. The summed E-state index contributed by atoms with van der Waals surface area (Å²) in [7, 11) is 1.76. The summed E-state index contributed by atoms with van der Waals surface area (Å²) < 4.78 is 14.0. The van der Waals surface area contributed by atoms with E-state index in [2.05, 4.69) is 41.9 Å². The van der Waals surface area contributed by atoms with Crippen LogP contribution in [0.2, 0.25) is 13.3 Å². The molecule has 0 atom stereocenters. The Balaban J connectivity index is 2.43. The van der Waals surface area contributed by atoms with Gasteiger partial charge in [-0.15, -0.1) is 0 Å². The van der Waals surface area contributed by atoms with Gasteiger partial charge in [-0.05, 0) is 0 Å². The van der Waals surface area contributed by atoms with Gasteiger partial charge in [0, 0.05) is 0 Å². The Morgan fingerprint density at radius 3 is 2.12 bits per heavy atom.